The molecule has 1 heterocycles. The molecular formula is C26H26F2N2O5S. The second-order valence-corrected chi connectivity index (χ2v) is 8.00. The molecule has 0 saturated carbocycles. The van der Waals surface area contributed by atoms with Crippen molar-refractivity contribution < 1.29 is 27.5 Å². The van der Waals surface area contributed by atoms with Crippen molar-refractivity contribution in [2.45, 2.75) is 33.8 Å². The Balaban J connectivity index is 0.00000222. The highest BCUT2D eigenvalue weighted by molar-refractivity contribution is 8.26. The fraction of sp³-hybridized carbons (Fsp3) is 0.231. The van der Waals surface area contributed by atoms with Gasteiger partial charge in [-0.2, -0.15) is 0 Å². The summed E-state index contributed by atoms with van der Waals surface area (Å²) in [5.41, 5.74) is -0.230. The van der Waals surface area contributed by atoms with Crippen LogP contribution >= 0.6 is 11.8 Å². The molecule has 0 unspecified atom stereocenters. The lowest BCUT2D eigenvalue weighted by atomic mass is 10.1. The van der Waals surface area contributed by atoms with Gasteiger partial charge in [0.15, 0.2) is 0 Å². The smallest absolute Gasteiger partial charge is 0.378 e. The minimum Gasteiger partial charge on any atom is -0.481 e. The van der Waals surface area contributed by atoms with Crippen molar-refractivity contribution in [3.63, 3.8) is 0 Å². The molecule has 0 aliphatic carbocycles. The summed E-state index contributed by atoms with van der Waals surface area (Å²) in [5, 5.41) is 15.8. The third-order valence-corrected chi connectivity index (χ3v) is 5.29. The Hall–Kier alpha value is -3.79. The number of benzene rings is 2. The summed E-state index contributed by atoms with van der Waals surface area (Å²) < 4.78 is 42.8. The lowest BCUT2D eigenvalue weighted by molar-refractivity contribution is 0.0478. The van der Waals surface area contributed by atoms with Gasteiger partial charge in [0.05, 0.1) is 17.2 Å². The van der Waals surface area contributed by atoms with Crippen molar-refractivity contribution in [3.8, 4) is 5.75 Å². The van der Waals surface area contributed by atoms with E-state index in [1.807, 2.05) is 19.9 Å². The first-order chi connectivity index (χ1) is 17.3. The molecule has 0 bridgehead atoms. The number of thioether (sulfide) groups is 1. The molecule has 3 aromatic rings. The third-order valence-electron chi connectivity index (χ3n) is 4.47. The highest BCUT2D eigenvalue weighted by atomic mass is 32.2. The number of hydrogen-bond donors (Lipinski definition) is 2. The summed E-state index contributed by atoms with van der Waals surface area (Å²) in [6.07, 6.45) is 0.716. The lowest BCUT2D eigenvalue weighted by Crippen LogP contribution is -2.21. The van der Waals surface area contributed by atoms with E-state index in [9.17, 15) is 18.4 Å². The zero-order valence-electron chi connectivity index (χ0n) is 20.0. The van der Waals surface area contributed by atoms with Crippen molar-refractivity contribution in [3.05, 3.63) is 99.1 Å². The van der Waals surface area contributed by atoms with Gasteiger partial charge in [0.2, 0.25) is 11.2 Å². The molecule has 10 heteroatoms. The van der Waals surface area contributed by atoms with Gasteiger partial charge in [0.1, 0.15) is 29.5 Å². The van der Waals surface area contributed by atoms with E-state index >= 15 is 0 Å². The van der Waals surface area contributed by atoms with Crippen LogP contribution in [0, 0.1) is 22.5 Å². The first-order valence-electron chi connectivity index (χ1n) is 11.1. The number of hydrogen-bond acceptors (Lipinski definition) is 8. The van der Waals surface area contributed by atoms with Crippen molar-refractivity contribution in [2.75, 3.05) is 6.61 Å². The average molecular weight is 517 g/mol. The number of carbonyl (C=O) groups excluding carboxylic acids is 1. The van der Waals surface area contributed by atoms with Crippen LogP contribution in [0.25, 0.3) is 0 Å². The number of esters is 1. The maximum absolute atomic E-state index is 13.9. The van der Waals surface area contributed by atoms with Gasteiger partial charge in [-0.15, -0.1) is 0 Å². The number of carbonyl (C=O) groups is 1. The monoisotopic (exact) mass is 516 g/mol. The molecule has 0 radical (unpaired) electrons. The van der Waals surface area contributed by atoms with Crippen LogP contribution in [0.3, 0.4) is 0 Å². The highest BCUT2D eigenvalue weighted by Gasteiger charge is 2.25. The Morgan fingerprint density at radius 2 is 1.78 bits per heavy atom. The predicted molar refractivity (Wildman–Crippen MR) is 135 cm³/mol. The maximum Gasteiger partial charge on any atom is 0.378 e. The van der Waals surface area contributed by atoms with Gasteiger partial charge in [-0.1, -0.05) is 62.0 Å². The fourth-order valence-electron chi connectivity index (χ4n) is 2.86. The van der Waals surface area contributed by atoms with Crippen molar-refractivity contribution >= 4 is 27.8 Å². The Kier molecular flexibility index (Phi) is 11.0. The molecule has 2 aromatic carbocycles. The van der Waals surface area contributed by atoms with E-state index in [0.717, 1.165) is 17.9 Å². The van der Waals surface area contributed by atoms with E-state index in [2.05, 4.69) is 0 Å². The molecule has 2 N–H and O–H groups in total. The Morgan fingerprint density at radius 1 is 1.08 bits per heavy atom. The van der Waals surface area contributed by atoms with E-state index in [1.54, 1.807) is 31.2 Å². The van der Waals surface area contributed by atoms with Crippen LogP contribution in [0.4, 0.5) is 8.78 Å². The SMILES string of the molecule is CC.CCOC(=O)c1occ(C(=N)SC(=N)Cc2ccc(F)cc2F)c(=O)c1OCc1ccccc1. The largest absolute Gasteiger partial charge is 0.481 e. The average Bonchev–Trinajstić information content (AvgIpc) is 2.86. The van der Waals surface area contributed by atoms with Crippen LogP contribution < -0.4 is 10.2 Å². The first kappa shape index (κ1) is 28.4. The van der Waals surface area contributed by atoms with Gasteiger partial charge < -0.3 is 13.9 Å². The van der Waals surface area contributed by atoms with Crippen LogP contribution in [0.5, 0.6) is 5.75 Å². The van der Waals surface area contributed by atoms with Gasteiger partial charge in [-0.3, -0.25) is 15.6 Å². The molecule has 3 rings (SSSR count). The van der Waals surface area contributed by atoms with E-state index in [0.29, 0.717) is 17.8 Å². The molecule has 1 aromatic heterocycles. The summed E-state index contributed by atoms with van der Waals surface area (Å²) in [7, 11) is 0. The van der Waals surface area contributed by atoms with Gasteiger partial charge in [-0.05, 0) is 24.1 Å². The Bertz CT molecular complexity index is 1280. The first-order valence-corrected chi connectivity index (χ1v) is 11.9. The van der Waals surface area contributed by atoms with Crippen LogP contribution in [0.2, 0.25) is 0 Å². The van der Waals surface area contributed by atoms with Crippen molar-refractivity contribution in [1.82, 2.24) is 0 Å². The van der Waals surface area contributed by atoms with Gasteiger partial charge >= 0.3 is 5.97 Å². The molecule has 190 valence electrons. The summed E-state index contributed by atoms with van der Waals surface area (Å²) >= 11 is 0.597. The molecule has 0 amide bonds. The van der Waals surface area contributed by atoms with E-state index in [1.165, 1.54) is 6.07 Å². The summed E-state index contributed by atoms with van der Waals surface area (Å²) in [6, 6.07) is 11.9. The van der Waals surface area contributed by atoms with Crippen LogP contribution in [-0.4, -0.2) is 22.7 Å². The molecule has 0 fully saturated rings. The van der Waals surface area contributed by atoms with E-state index < -0.39 is 34.5 Å². The van der Waals surface area contributed by atoms with Crippen molar-refractivity contribution in [2.24, 2.45) is 0 Å². The Labute approximate surface area is 211 Å². The summed E-state index contributed by atoms with van der Waals surface area (Å²) in [6.45, 7) is 5.60. The highest BCUT2D eigenvalue weighted by Crippen LogP contribution is 2.22. The number of rotatable bonds is 8. The molecule has 0 spiro atoms. The minimum absolute atomic E-state index is 0.0401. The molecule has 36 heavy (non-hydrogen) atoms. The molecule has 0 atom stereocenters. The van der Waals surface area contributed by atoms with Crippen molar-refractivity contribution in [1.29, 1.82) is 10.8 Å². The fourth-order valence-corrected chi connectivity index (χ4v) is 3.58. The molecule has 0 aliphatic heterocycles. The van der Waals surface area contributed by atoms with Gasteiger partial charge in [0.25, 0.3) is 5.76 Å². The normalized spacial score (nSPS) is 10.1. The summed E-state index contributed by atoms with van der Waals surface area (Å²) in [5.74, 6) is -3.30. The van der Waals surface area contributed by atoms with E-state index in [4.69, 9.17) is 24.7 Å². The van der Waals surface area contributed by atoms with Crippen LogP contribution in [0.1, 0.15) is 48.0 Å². The second-order valence-electron chi connectivity index (χ2n) is 6.90. The lowest BCUT2D eigenvalue weighted by Gasteiger charge is -2.11. The summed E-state index contributed by atoms with van der Waals surface area (Å²) in [4.78, 5) is 25.3. The number of halogens is 2. The van der Waals surface area contributed by atoms with E-state index in [-0.39, 0.29) is 40.8 Å². The second kappa shape index (κ2) is 13.9. The minimum atomic E-state index is -0.895. The molecule has 0 saturated heterocycles. The molecule has 0 aliphatic rings. The zero-order valence-corrected chi connectivity index (χ0v) is 20.8. The third kappa shape index (κ3) is 7.61. The Morgan fingerprint density at radius 3 is 2.42 bits per heavy atom. The van der Waals surface area contributed by atoms with Gasteiger partial charge in [-0.25, -0.2) is 13.6 Å². The maximum atomic E-state index is 13.9. The number of nitrogens with one attached hydrogen (secondary N) is 2. The number of ether oxygens (including phenoxy) is 2. The van der Waals surface area contributed by atoms with Gasteiger partial charge in [0, 0.05) is 12.5 Å². The zero-order chi connectivity index (χ0) is 26.7. The molecule has 7 nitrogen and oxygen atoms in total. The quantitative estimate of drug-likeness (QED) is 0.216. The standard InChI is InChI=1S/C24H20F2N2O5S.C2H6/c1-2-31-24(30)22-21(32-12-14-6-4-3-5-7-14)20(29)17(13-33-22)23(28)34-19(27)10-15-8-9-16(25)11-18(15)26;1-2/h3-9,11,13,27-28H,2,10,12H2,1H3;1-2H3. The van der Waals surface area contributed by atoms with Crippen LogP contribution in [0.15, 0.2) is 64.0 Å². The van der Waals surface area contributed by atoms with Crippen LogP contribution in [-0.2, 0) is 17.8 Å². The molecular weight excluding hydrogens is 490 g/mol. The predicted octanol–water partition coefficient (Wildman–Crippen LogP) is 5.98. The topological polar surface area (TPSA) is 113 Å².